The summed E-state index contributed by atoms with van der Waals surface area (Å²) in [5, 5.41) is 4.74. The molecule has 1 aromatic heterocycles. The van der Waals surface area contributed by atoms with Crippen LogP contribution in [0.4, 0.5) is 0 Å². The highest BCUT2D eigenvalue weighted by Gasteiger charge is 2.01. The fourth-order valence-corrected chi connectivity index (χ4v) is 1.51. The SMILES string of the molecule is C[C@@H](N)c1ccc(-n2cc(Cl)cn2)cc1. The number of benzene rings is 1. The van der Waals surface area contributed by atoms with Gasteiger partial charge in [0.05, 0.1) is 16.9 Å². The fourth-order valence-electron chi connectivity index (χ4n) is 1.37. The Balaban J connectivity index is 2.31. The predicted octanol–water partition coefficient (Wildman–Crippen LogP) is 2.55. The molecule has 0 saturated carbocycles. The van der Waals surface area contributed by atoms with Gasteiger partial charge in [-0.25, -0.2) is 4.68 Å². The molecule has 0 saturated heterocycles. The summed E-state index contributed by atoms with van der Waals surface area (Å²) in [5.74, 6) is 0. The molecule has 3 nitrogen and oxygen atoms in total. The van der Waals surface area contributed by atoms with Gasteiger partial charge in [0.15, 0.2) is 0 Å². The Morgan fingerprint density at radius 3 is 2.47 bits per heavy atom. The zero-order valence-electron chi connectivity index (χ0n) is 8.39. The van der Waals surface area contributed by atoms with Gasteiger partial charge in [0.1, 0.15) is 0 Å². The van der Waals surface area contributed by atoms with E-state index in [2.05, 4.69) is 5.10 Å². The van der Waals surface area contributed by atoms with Gasteiger partial charge < -0.3 is 5.73 Å². The van der Waals surface area contributed by atoms with Crippen LogP contribution in [0.1, 0.15) is 18.5 Å². The molecule has 0 aliphatic rings. The lowest BCUT2D eigenvalue weighted by atomic mass is 10.1. The van der Waals surface area contributed by atoms with E-state index < -0.39 is 0 Å². The summed E-state index contributed by atoms with van der Waals surface area (Å²) >= 11 is 5.79. The van der Waals surface area contributed by atoms with Gasteiger partial charge in [0, 0.05) is 12.2 Å². The maximum Gasteiger partial charge on any atom is 0.0790 e. The molecule has 1 aromatic carbocycles. The van der Waals surface area contributed by atoms with E-state index in [0.717, 1.165) is 11.3 Å². The Hall–Kier alpha value is -1.32. The minimum absolute atomic E-state index is 0.0558. The smallest absolute Gasteiger partial charge is 0.0790 e. The van der Waals surface area contributed by atoms with E-state index in [1.165, 1.54) is 0 Å². The van der Waals surface area contributed by atoms with E-state index in [0.29, 0.717) is 5.02 Å². The molecule has 0 radical (unpaired) electrons. The quantitative estimate of drug-likeness (QED) is 0.847. The van der Waals surface area contributed by atoms with Gasteiger partial charge >= 0.3 is 0 Å². The molecule has 0 amide bonds. The highest BCUT2D eigenvalue weighted by atomic mass is 35.5. The third kappa shape index (κ3) is 2.19. The van der Waals surface area contributed by atoms with Gasteiger partial charge in [-0.1, -0.05) is 23.7 Å². The molecular weight excluding hydrogens is 210 g/mol. The average Bonchev–Trinajstić information content (AvgIpc) is 2.65. The highest BCUT2D eigenvalue weighted by Crippen LogP contribution is 2.15. The first-order valence-electron chi connectivity index (χ1n) is 4.73. The number of hydrogen-bond donors (Lipinski definition) is 1. The van der Waals surface area contributed by atoms with Crippen molar-refractivity contribution in [3.8, 4) is 5.69 Å². The molecule has 4 heteroatoms. The number of nitrogens with zero attached hydrogens (tertiary/aromatic N) is 2. The topological polar surface area (TPSA) is 43.8 Å². The van der Waals surface area contributed by atoms with Crippen molar-refractivity contribution in [3.63, 3.8) is 0 Å². The minimum Gasteiger partial charge on any atom is -0.324 e. The summed E-state index contributed by atoms with van der Waals surface area (Å²) in [6, 6.07) is 8.00. The van der Waals surface area contributed by atoms with Crippen LogP contribution in [-0.4, -0.2) is 9.78 Å². The van der Waals surface area contributed by atoms with E-state index in [1.54, 1.807) is 17.1 Å². The monoisotopic (exact) mass is 221 g/mol. The van der Waals surface area contributed by atoms with Crippen molar-refractivity contribution >= 4 is 11.6 Å². The normalized spacial score (nSPS) is 12.7. The summed E-state index contributed by atoms with van der Waals surface area (Å²) in [6.07, 6.45) is 3.38. The van der Waals surface area contributed by atoms with Crippen molar-refractivity contribution in [3.05, 3.63) is 47.2 Å². The number of hydrogen-bond acceptors (Lipinski definition) is 2. The number of halogens is 1. The maximum absolute atomic E-state index is 5.79. The molecule has 2 N–H and O–H groups in total. The second kappa shape index (κ2) is 4.04. The lowest BCUT2D eigenvalue weighted by molar-refractivity contribution is 0.814. The molecule has 0 fully saturated rings. The summed E-state index contributed by atoms with van der Waals surface area (Å²) in [4.78, 5) is 0. The Bertz CT molecular complexity index is 445. The van der Waals surface area contributed by atoms with Crippen molar-refractivity contribution in [2.24, 2.45) is 5.73 Å². The second-order valence-corrected chi connectivity index (χ2v) is 3.92. The number of nitrogens with two attached hydrogens (primary N) is 1. The second-order valence-electron chi connectivity index (χ2n) is 3.48. The molecule has 15 heavy (non-hydrogen) atoms. The van der Waals surface area contributed by atoms with Crippen molar-refractivity contribution in [2.45, 2.75) is 13.0 Å². The van der Waals surface area contributed by atoms with E-state index >= 15 is 0 Å². The lowest BCUT2D eigenvalue weighted by Gasteiger charge is -2.06. The van der Waals surface area contributed by atoms with Crippen LogP contribution >= 0.6 is 11.6 Å². The number of aromatic nitrogens is 2. The predicted molar refractivity (Wildman–Crippen MR) is 61.2 cm³/mol. The summed E-state index contributed by atoms with van der Waals surface area (Å²) in [6.45, 7) is 1.96. The molecule has 0 aliphatic carbocycles. The Labute approximate surface area is 93.5 Å². The fraction of sp³-hybridized carbons (Fsp3) is 0.182. The molecule has 0 spiro atoms. The van der Waals surface area contributed by atoms with Gasteiger partial charge in [-0.15, -0.1) is 0 Å². The maximum atomic E-state index is 5.79. The van der Waals surface area contributed by atoms with Gasteiger partial charge in [0.2, 0.25) is 0 Å². The van der Waals surface area contributed by atoms with E-state index in [9.17, 15) is 0 Å². The zero-order valence-corrected chi connectivity index (χ0v) is 9.15. The summed E-state index contributed by atoms with van der Waals surface area (Å²) in [5.41, 5.74) is 7.85. The lowest BCUT2D eigenvalue weighted by Crippen LogP contribution is -2.05. The van der Waals surface area contributed by atoms with Crippen molar-refractivity contribution in [1.29, 1.82) is 0 Å². The van der Waals surface area contributed by atoms with Gasteiger partial charge in [-0.2, -0.15) is 5.10 Å². The molecule has 2 aromatic rings. The van der Waals surface area contributed by atoms with E-state index in [-0.39, 0.29) is 6.04 Å². The molecule has 0 bridgehead atoms. The van der Waals surface area contributed by atoms with Crippen LogP contribution in [0.25, 0.3) is 5.69 Å². The molecule has 2 rings (SSSR count). The van der Waals surface area contributed by atoms with Gasteiger partial charge in [-0.05, 0) is 24.6 Å². The minimum atomic E-state index is 0.0558. The van der Waals surface area contributed by atoms with Gasteiger partial charge in [-0.3, -0.25) is 0 Å². The molecule has 0 aliphatic heterocycles. The van der Waals surface area contributed by atoms with Crippen LogP contribution < -0.4 is 5.73 Å². The molecule has 1 heterocycles. The van der Waals surface area contributed by atoms with Crippen LogP contribution in [0.15, 0.2) is 36.7 Å². The summed E-state index contributed by atoms with van der Waals surface area (Å²) < 4.78 is 1.73. The Morgan fingerprint density at radius 1 is 1.33 bits per heavy atom. The zero-order chi connectivity index (χ0) is 10.8. The van der Waals surface area contributed by atoms with E-state index in [1.807, 2.05) is 31.2 Å². The highest BCUT2D eigenvalue weighted by molar-refractivity contribution is 6.30. The van der Waals surface area contributed by atoms with Crippen LogP contribution in [0.2, 0.25) is 5.02 Å². The largest absolute Gasteiger partial charge is 0.324 e. The van der Waals surface area contributed by atoms with Crippen LogP contribution in [0, 0.1) is 0 Å². The first-order valence-corrected chi connectivity index (χ1v) is 5.11. The number of rotatable bonds is 2. The van der Waals surface area contributed by atoms with Crippen molar-refractivity contribution < 1.29 is 0 Å². The third-order valence-corrected chi connectivity index (χ3v) is 2.43. The van der Waals surface area contributed by atoms with Crippen molar-refractivity contribution in [1.82, 2.24) is 9.78 Å². The van der Waals surface area contributed by atoms with Gasteiger partial charge in [0.25, 0.3) is 0 Å². The molecule has 78 valence electrons. The van der Waals surface area contributed by atoms with Crippen LogP contribution in [0.5, 0.6) is 0 Å². The average molecular weight is 222 g/mol. The first-order chi connectivity index (χ1) is 7.16. The standard InChI is InChI=1S/C11H12ClN3/c1-8(13)9-2-4-11(5-3-9)15-7-10(12)6-14-15/h2-8H,13H2,1H3/t8-/m1/s1. The Morgan fingerprint density at radius 2 is 2.00 bits per heavy atom. The molecular formula is C11H12ClN3. The molecule has 1 atom stereocenters. The van der Waals surface area contributed by atoms with E-state index in [4.69, 9.17) is 17.3 Å². The first kappa shape index (κ1) is 10.2. The third-order valence-electron chi connectivity index (χ3n) is 2.23. The Kier molecular flexibility index (Phi) is 2.75. The van der Waals surface area contributed by atoms with Crippen LogP contribution in [0.3, 0.4) is 0 Å². The molecule has 0 unspecified atom stereocenters. The summed E-state index contributed by atoms with van der Waals surface area (Å²) in [7, 11) is 0. The van der Waals surface area contributed by atoms with Crippen molar-refractivity contribution in [2.75, 3.05) is 0 Å². The van der Waals surface area contributed by atoms with Crippen LogP contribution in [-0.2, 0) is 0 Å².